The van der Waals surface area contributed by atoms with Crippen molar-refractivity contribution in [3.05, 3.63) is 65.3 Å². The number of nitrogens with zero attached hydrogens (tertiary/aromatic N) is 2. The van der Waals surface area contributed by atoms with Gasteiger partial charge in [0.15, 0.2) is 0 Å². The highest BCUT2D eigenvalue weighted by Gasteiger charge is 2.10. The number of rotatable bonds is 6. The number of benzene rings is 2. The van der Waals surface area contributed by atoms with E-state index in [-0.39, 0.29) is 5.91 Å². The Kier molecular flexibility index (Phi) is 6.01. The van der Waals surface area contributed by atoms with Crippen molar-refractivity contribution >= 4 is 45.9 Å². The molecule has 0 radical (unpaired) electrons. The number of fused-ring (bicyclic) bond motifs is 1. The molecule has 0 fully saturated rings. The van der Waals surface area contributed by atoms with Crippen LogP contribution < -0.4 is 10.2 Å². The molecule has 1 heterocycles. The van der Waals surface area contributed by atoms with E-state index in [9.17, 15) is 4.79 Å². The lowest BCUT2D eigenvalue weighted by atomic mass is 10.1. The highest BCUT2D eigenvalue weighted by Crippen LogP contribution is 2.33. The topological polar surface area (TPSA) is 45.2 Å². The van der Waals surface area contributed by atoms with Gasteiger partial charge in [-0.3, -0.25) is 4.79 Å². The quantitative estimate of drug-likeness (QED) is 0.640. The molecule has 0 atom stereocenters. The van der Waals surface area contributed by atoms with Crippen molar-refractivity contribution in [2.75, 3.05) is 24.7 Å². The molecule has 26 heavy (non-hydrogen) atoms. The Morgan fingerprint density at radius 2 is 1.92 bits per heavy atom. The number of aromatic nitrogens is 1. The molecule has 0 unspecified atom stereocenters. The lowest BCUT2D eigenvalue weighted by Gasteiger charge is -2.16. The molecule has 0 aliphatic rings. The van der Waals surface area contributed by atoms with E-state index in [0.717, 1.165) is 27.0 Å². The molecule has 0 saturated heterocycles. The van der Waals surface area contributed by atoms with E-state index in [4.69, 9.17) is 11.6 Å². The van der Waals surface area contributed by atoms with E-state index >= 15 is 0 Å². The molecule has 4 nitrogen and oxygen atoms in total. The lowest BCUT2D eigenvalue weighted by molar-refractivity contribution is -0.118. The van der Waals surface area contributed by atoms with Crippen LogP contribution in [0, 0.1) is 0 Å². The highest BCUT2D eigenvalue weighted by molar-refractivity contribution is 8.00. The maximum absolute atomic E-state index is 12.3. The zero-order valence-electron chi connectivity index (χ0n) is 14.7. The van der Waals surface area contributed by atoms with Gasteiger partial charge in [0, 0.05) is 47.7 Å². The first kappa shape index (κ1) is 18.5. The molecule has 1 aromatic heterocycles. The first-order valence-electron chi connectivity index (χ1n) is 8.24. The summed E-state index contributed by atoms with van der Waals surface area (Å²) in [4.78, 5) is 19.6. The van der Waals surface area contributed by atoms with Gasteiger partial charge in [-0.2, -0.15) is 0 Å². The Morgan fingerprint density at radius 1 is 1.15 bits per heavy atom. The molecule has 0 bridgehead atoms. The number of amides is 1. The number of halogens is 1. The van der Waals surface area contributed by atoms with Crippen LogP contribution in [0.2, 0.25) is 5.02 Å². The van der Waals surface area contributed by atoms with Gasteiger partial charge >= 0.3 is 0 Å². The minimum atomic E-state index is -0.0207. The minimum Gasteiger partial charge on any atom is -0.362 e. The fourth-order valence-corrected chi connectivity index (χ4v) is 4.02. The van der Waals surface area contributed by atoms with Gasteiger partial charge in [0.25, 0.3) is 0 Å². The summed E-state index contributed by atoms with van der Waals surface area (Å²) in [6, 6.07) is 15.7. The van der Waals surface area contributed by atoms with Crippen molar-refractivity contribution in [1.29, 1.82) is 0 Å². The van der Waals surface area contributed by atoms with Crippen molar-refractivity contribution < 1.29 is 4.79 Å². The number of pyridine rings is 1. The summed E-state index contributed by atoms with van der Waals surface area (Å²) >= 11 is 7.84. The van der Waals surface area contributed by atoms with E-state index in [0.29, 0.717) is 17.3 Å². The second-order valence-corrected chi connectivity index (χ2v) is 7.46. The molecule has 0 spiro atoms. The number of hydrogen-bond acceptors (Lipinski definition) is 4. The average Bonchev–Trinajstić information content (AvgIpc) is 2.65. The van der Waals surface area contributed by atoms with Crippen LogP contribution in [0.1, 0.15) is 5.56 Å². The molecular formula is C20H20ClN3OS. The number of thioether (sulfide) groups is 1. The molecule has 0 aliphatic carbocycles. The Bertz CT molecular complexity index is 925. The Morgan fingerprint density at radius 3 is 2.69 bits per heavy atom. The summed E-state index contributed by atoms with van der Waals surface area (Å²) in [5.41, 5.74) is 0.990. The van der Waals surface area contributed by atoms with Gasteiger partial charge in [-0.1, -0.05) is 41.9 Å². The van der Waals surface area contributed by atoms with Gasteiger partial charge in [0.2, 0.25) is 5.91 Å². The minimum absolute atomic E-state index is 0.0207. The van der Waals surface area contributed by atoms with Crippen LogP contribution in [0.25, 0.3) is 10.8 Å². The molecule has 3 aromatic rings. The molecule has 134 valence electrons. The smallest absolute Gasteiger partial charge is 0.230 e. The molecule has 0 saturated carbocycles. The van der Waals surface area contributed by atoms with Crippen molar-refractivity contribution in [2.24, 2.45) is 0 Å². The first-order chi connectivity index (χ1) is 12.6. The standard InChI is InChI=1S/C20H20ClN3OS/c1-24(2)20-15(8-5-11-22-20)12-23-18(25)13-26-17-10-4-7-14-6-3-9-16(21)19(14)17/h3-11H,12-13H2,1-2H3,(H,23,25). The van der Waals surface area contributed by atoms with Crippen LogP contribution in [0.5, 0.6) is 0 Å². The van der Waals surface area contributed by atoms with Crippen LogP contribution in [0.3, 0.4) is 0 Å². The predicted octanol–water partition coefficient (Wildman–Crippen LogP) is 4.36. The fraction of sp³-hybridized carbons (Fsp3) is 0.200. The molecule has 0 aliphatic heterocycles. The maximum Gasteiger partial charge on any atom is 0.230 e. The van der Waals surface area contributed by atoms with E-state index in [1.165, 1.54) is 11.8 Å². The highest BCUT2D eigenvalue weighted by atomic mass is 35.5. The second kappa shape index (κ2) is 8.43. The normalized spacial score (nSPS) is 10.7. The van der Waals surface area contributed by atoms with Gasteiger partial charge < -0.3 is 10.2 Å². The zero-order valence-corrected chi connectivity index (χ0v) is 16.3. The SMILES string of the molecule is CN(C)c1ncccc1CNC(=O)CSc1cccc2cccc(Cl)c12. The molecule has 1 N–H and O–H groups in total. The average molecular weight is 386 g/mol. The summed E-state index contributed by atoms with van der Waals surface area (Å²) in [6.07, 6.45) is 1.75. The third-order valence-electron chi connectivity index (χ3n) is 3.94. The maximum atomic E-state index is 12.3. The van der Waals surface area contributed by atoms with Crippen LogP contribution in [-0.2, 0) is 11.3 Å². The fourth-order valence-electron chi connectivity index (χ4n) is 2.74. The number of nitrogens with one attached hydrogen (secondary N) is 1. The number of carbonyl (C=O) groups is 1. The Hall–Kier alpha value is -2.24. The molecular weight excluding hydrogens is 366 g/mol. The molecule has 2 aromatic carbocycles. The zero-order chi connectivity index (χ0) is 18.5. The molecule has 6 heteroatoms. The molecule has 3 rings (SSSR count). The van der Waals surface area contributed by atoms with Crippen molar-refractivity contribution in [2.45, 2.75) is 11.4 Å². The summed E-state index contributed by atoms with van der Waals surface area (Å²) in [5, 5.41) is 5.75. The van der Waals surface area contributed by atoms with E-state index in [1.807, 2.05) is 67.5 Å². The first-order valence-corrected chi connectivity index (χ1v) is 9.60. The van der Waals surface area contributed by atoms with Crippen LogP contribution >= 0.6 is 23.4 Å². The summed E-state index contributed by atoms with van der Waals surface area (Å²) in [7, 11) is 3.88. The van der Waals surface area contributed by atoms with Crippen molar-refractivity contribution in [3.63, 3.8) is 0 Å². The lowest BCUT2D eigenvalue weighted by Crippen LogP contribution is -2.26. The van der Waals surface area contributed by atoms with E-state index in [1.54, 1.807) is 6.20 Å². The number of anilines is 1. The summed E-state index contributed by atoms with van der Waals surface area (Å²) < 4.78 is 0. The van der Waals surface area contributed by atoms with Gasteiger partial charge in [-0.25, -0.2) is 4.98 Å². The van der Waals surface area contributed by atoms with Gasteiger partial charge in [0.05, 0.1) is 5.75 Å². The monoisotopic (exact) mass is 385 g/mol. The third-order valence-corrected chi connectivity index (χ3v) is 5.31. The van der Waals surface area contributed by atoms with Crippen molar-refractivity contribution in [3.8, 4) is 0 Å². The third kappa shape index (κ3) is 4.29. The number of carbonyl (C=O) groups excluding carboxylic acids is 1. The number of hydrogen-bond donors (Lipinski definition) is 1. The van der Waals surface area contributed by atoms with Crippen molar-refractivity contribution in [1.82, 2.24) is 10.3 Å². The van der Waals surface area contributed by atoms with Gasteiger partial charge in [0.1, 0.15) is 5.82 Å². The van der Waals surface area contributed by atoms with Crippen LogP contribution in [-0.4, -0.2) is 30.7 Å². The van der Waals surface area contributed by atoms with E-state index < -0.39 is 0 Å². The van der Waals surface area contributed by atoms with Gasteiger partial charge in [-0.05, 0) is 23.6 Å². The van der Waals surface area contributed by atoms with Crippen LogP contribution in [0.15, 0.2) is 59.6 Å². The predicted molar refractivity (Wildman–Crippen MR) is 110 cm³/mol. The molecule has 1 amide bonds. The second-order valence-electron chi connectivity index (χ2n) is 6.04. The summed E-state index contributed by atoms with van der Waals surface area (Å²) in [5.74, 6) is 1.18. The Labute approximate surface area is 162 Å². The van der Waals surface area contributed by atoms with Crippen LogP contribution in [0.4, 0.5) is 5.82 Å². The Balaban J connectivity index is 1.64. The largest absolute Gasteiger partial charge is 0.362 e. The van der Waals surface area contributed by atoms with Gasteiger partial charge in [-0.15, -0.1) is 11.8 Å². The summed E-state index contributed by atoms with van der Waals surface area (Å²) in [6.45, 7) is 0.455. The van der Waals surface area contributed by atoms with E-state index in [2.05, 4.69) is 10.3 Å².